The number of ether oxygens (including phenoxy) is 1. The molecule has 2 aliphatic heterocycles. The van der Waals surface area contributed by atoms with Gasteiger partial charge in [0.25, 0.3) is 0 Å². The second-order valence-corrected chi connectivity index (χ2v) is 12.1. The van der Waals surface area contributed by atoms with Gasteiger partial charge in [0.15, 0.2) is 0 Å². The van der Waals surface area contributed by atoms with Gasteiger partial charge in [-0.2, -0.15) is 4.31 Å². The average molecular weight is 596 g/mol. The first-order valence-corrected chi connectivity index (χ1v) is 15.0. The number of nitrogens with one attached hydrogen (secondary N) is 1. The normalized spacial score (nSPS) is 21.2. The fourth-order valence-corrected chi connectivity index (χ4v) is 7.00. The lowest BCUT2D eigenvalue weighted by Gasteiger charge is -2.42. The quantitative estimate of drug-likeness (QED) is 0.458. The molecule has 39 heavy (non-hydrogen) atoms. The van der Waals surface area contributed by atoms with E-state index in [1.807, 2.05) is 13.8 Å². The number of amides is 2. The zero-order chi connectivity index (χ0) is 28.3. The molecule has 0 radical (unpaired) electrons. The van der Waals surface area contributed by atoms with Gasteiger partial charge >= 0.3 is 12.0 Å². The number of nitrogens with zero attached hydrogens (tertiary/aromatic N) is 3. The third-order valence-electron chi connectivity index (χ3n) is 6.90. The van der Waals surface area contributed by atoms with E-state index in [0.717, 1.165) is 0 Å². The molecule has 0 spiro atoms. The van der Waals surface area contributed by atoms with E-state index < -0.39 is 22.0 Å². The van der Waals surface area contributed by atoms with Crippen LogP contribution in [0.2, 0.25) is 10.0 Å². The van der Waals surface area contributed by atoms with Crippen LogP contribution in [-0.4, -0.2) is 79.9 Å². The summed E-state index contributed by atoms with van der Waals surface area (Å²) in [6, 6.07) is 11.9. The summed E-state index contributed by atoms with van der Waals surface area (Å²) < 4.78 is 33.4. The second-order valence-electron chi connectivity index (χ2n) is 9.39. The molecule has 0 aliphatic carbocycles. The van der Waals surface area contributed by atoms with Crippen LogP contribution in [-0.2, 0) is 19.6 Å². The molecule has 2 atom stereocenters. The molecule has 9 nitrogen and oxygen atoms in total. The van der Waals surface area contributed by atoms with Gasteiger partial charge in [-0.05, 0) is 50.6 Å². The minimum Gasteiger partial charge on any atom is -0.463 e. The molecule has 0 unspecified atom stereocenters. The van der Waals surface area contributed by atoms with Crippen LogP contribution < -0.4 is 5.32 Å². The number of halogens is 2. The number of sulfonamides is 1. The van der Waals surface area contributed by atoms with Crippen molar-refractivity contribution in [2.45, 2.75) is 37.8 Å². The van der Waals surface area contributed by atoms with Gasteiger partial charge in [0, 0.05) is 44.5 Å². The van der Waals surface area contributed by atoms with E-state index >= 15 is 0 Å². The highest BCUT2D eigenvalue weighted by molar-refractivity contribution is 7.89. The van der Waals surface area contributed by atoms with Crippen LogP contribution in [0.3, 0.4) is 0 Å². The van der Waals surface area contributed by atoms with E-state index in [0.29, 0.717) is 46.5 Å². The van der Waals surface area contributed by atoms with Gasteiger partial charge in [-0.25, -0.2) is 18.0 Å². The van der Waals surface area contributed by atoms with Crippen LogP contribution in [0.25, 0.3) is 0 Å². The number of piperazine rings is 1. The highest BCUT2D eigenvalue weighted by atomic mass is 35.5. The summed E-state index contributed by atoms with van der Waals surface area (Å²) >= 11 is 12.4. The standard InChI is InChI=1S/C27H32Cl2N4O5S/c1-4-32-23(17-31-13-14-33(18(3)16-31)39(36,37)20-9-7-6-8-10-20)24(26(34)38-5-2)25(30-27(32)35)19-11-12-21(28)22(29)15-19/h6-12,15,18,25H,4-5,13-14,16-17H2,1-3H3,(H,30,35)/t18-,25-/m1/s1. The molecule has 12 heteroatoms. The third kappa shape index (κ3) is 6.10. The van der Waals surface area contributed by atoms with Gasteiger partial charge in [0.05, 0.1) is 33.2 Å². The van der Waals surface area contributed by atoms with Gasteiger partial charge < -0.3 is 10.1 Å². The van der Waals surface area contributed by atoms with Crippen molar-refractivity contribution >= 4 is 45.2 Å². The number of carbonyl (C=O) groups excluding carboxylic acids is 2. The molecule has 0 bridgehead atoms. The van der Waals surface area contributed by atoms with Gasteiger partial charge in [0.2, 0.25) is 10.0 Å². The van der Waals surface area contributed by atoms with Crippen molar-refractivity contribution < 1.29 is 22.7 Å². The molecule has 0 aromatic heterocycles. The second kappa shape index (κ2) is 12.3. The number of hydrogen-bond donors (Lipinski definition) is 1. The van der Waals surface area contributed by atoms with Crippen LogP contribution in [0.4, 0.5) is 4.79 Å². The Balaban J connectivity index is 1.67. The van der Waals surface area contributed by atoms with Crippen LogP contribution in [0.15, 0.2) is 64.7 Å². The summed E-state index contributed by atoms with van der Waals surface area (Å²) in [4.78, 5) is 30.4. The van der Waals surface area contributed by atoms with Crippen molar-refractivity contribution in [2.24, 2.45) is 0 Å². The summed E-state index contributed by atoms with van der Waals surface area (Å²) in [6.45, 7) is 7.28. The van der Waals surface area contributed by atoms with E-state index in [4.69, 9.17) is 27.9 Å². The number of urea groups is 1. The predicted octanol–water partition coefficient (Wildman–Crippen LogP) is 4.29. The average Bonchev–Trinajstić information content (AvgIpc) is 2.90. The molecule has 2 aromatic carbocycles. The number of benzene rings is 2. The third-order valence-corrected chi connectivity index (χ3v) is 9.67. The molecule has 1 fully saturated rings. The first-order chi connectivity index (χ1) is 18.6. The number of carbonyl (C=O) groups is 2. The zero-order valence-electron chi connectivity index (χ0n) is 22.1. The maximum absolute atomic E-state index is 13.3. The lowest BCUT2D eigenvalue weighted by molar-refractivity contribution is -0.139. The van der Waals surface area contributed by atoms with Crippen LogP contribution in [0, 0.1) is 0 Å². The largest absolute Gasteiger partial charge is 0.463 e. The molecule has 0 saturated carbocycles. The van der Waals surface area contributed by atoms with Crippen molar-refractivity contribution in [3.05, 3.63) is 75.4 Å². The van der Waals surface area contributed by atoms with Gasteiger partial charge in [-0.15, -0.1) is 0 Å². The molecule has 2 amide bonds. The Morgan fingerprint density at radius 1 is 1.08 bits per heavy atom. The fourth-order valence-electron chi connectivity index (χ4n) is 5.06. The summed E-state index contributed by atoms with van der Waals surface area (Å²) in [5, 5.41) is 3.57. The van der Waals surface area contributed by atoms with E-state index in [9.17, 15) is 18.0 Å². The molecular formula is C27H32Cl2N4O5S. The Kier molecular flexibility index (Phi) is 9.23. The van der Waals surface area contributed by atoms with Crippen LogP contribution >= 0.6 is 23.2 Å². The van der Waals surface area contributed by atoms with Gasteiger partial charge in [-0.3, -0.25) is 9.80 Å². The first-order valence-electron chi connectivity index (χ1n) is 12.8. The van der Waals surface area contributed by atoms with Crippen LogP contribution in [0.5, 0.6) is 0 Å². The lowest BCUT2D eigenvalue weighted by Crippen LogP contribution is -2.56. The zero-order valence-corrected chi connectivity index (χ0v) is 24.4. The minimum atomic E-state index is -3.65. The molecule has 2 heterocycles. The Labute approximate surface area is 239 Å². The molecule has 4 rings (SSSR count). The fraction of sp³-hybridized carbons (Fsp3) is 0.407. The van der Waals surface area contributed by atoms with Crippen molar-refractivity contribution in [3.63, 3.8) is 0 Å². The molecular weight excluding hydrogens is 563 g/mol. The molecule has 1 N–H and O–H groups in total. The van der Waals surface area contributed by atoms with Gasteiger partial charge in [0.1, 0.15) is 0 Å². The number of rotatable bonds is 8. The maximum atomic E-state index is 13.3. The van der Waals surface area contributed by atoms with E-state index in [1.54, 1.807) is 55.5 Å². The predicted molar refractivity (Wildman–Crippen MR) is 150 cm³/mol. The van der Waals surface area contributed by atoms with E-state index in [1.165, 1.54) is 9.21 Å². The van der Waals surface area contributed by atoms with Crippen molar-refractivity contribution in [3.8, 4) is 0 Å². The number of likely N-dealkylation sites (N-methyl/N-ethyl adjacent to an activating group) is 1. The lowest BCUT2D eigenvalue weighted by atomic mass is 9.94. The van der Waals surface area contributed by atoms with E-state index in [2.05, 4.69) is 10.2 Å². The highest BCUT2D eigenvalue weighted by Gasteiger charge is 2.40. The Bertz CT molecular complexity index is 1370. The summed E-state index contributed by atoms with van der Waals surface area (Å²) in [5.41, 5.74) is 1.42. The van der Waals surface area contributed by atoms with Crippen molar-refractivity contribution in [1.82, 2.24) is 19.4 Å². The van der Waals surface area contributed by atoms with Crippen molar-refractivity contribution in [1.29, 1.82) is 0 Å². The monoisotopic (exact) mass is 594 g/mol. The smallest absolute Gasteiger partial charge is 0.338 e. The first kappa shape index (κ1) is 29.4. The molecule has 2 aliphatic rings. The van der Waals surface area contributed by atoms with Crippen molar-refractivity contribution in [2.75, 3.05) is 39.3 Å². The maximum Gasteiger partial charge on any atom is 0.338 e. The topological polar surface area (TPSA) is 99.3 Å². The molecule has 210 valence electrons. The molecule has 1 saturated heterocycles. The highest BCUT2D eigenvalue weighted by Crippen LogP contribution is 2.35. The summed E-state index contributed by atoms with van der Waals surface area (Å²) in [7, 11) is -3.65. The number of esters is 1. The van der Waals surface area contributed by atoms with Gasteiger partial charge in [-0.1, -0.05) is 47.5 Å². The Morgan fingerprint density at radius 3 is 2.41 bits per heavy atom. The molecule has 2 aromatic rings. The Morgan fingerprint density at radius 2 is 1.79 bits per heavy atom. The summed E-state index contributed by atoms with van der Waals surface area (Å²) in [5.74, 6) is -0.541. The SMILES string of the molecule is CCOC(=O)C1=C(CN2CCN(S(=O)(=O)c3ccccc3)[C@H](C)C2)N(CC)C(=O)N[C@@H]1c1ccc(Cl)c(Cl)c1. The minimum absolute atomic E-state index is 0.164. The van der Waals surface area contributed by atoms with Crippen LogP contribution in [0.1, 0.15) is 32.4 Å². The summed E-state index contributed by atoms with van der Waals surface area (Å²) in [6.07, 6.45) is 0. The number of hydrogen-bond acceptors (Lipinski definition) is 6. The van der Waals surface area contributed by atoms with E-state index in [-0.39, 0.29) is 36.7 Å². The Hall–Kier alpha value is -2.63.